The van der Waals surface area contributed by atoms with Gasteiger partial charge in [-0.15, -0.1) is 0 Å². The van der Waals surface area contributed by atoms with Crippen LogP contribution in [0.2, 0.25) is 0 Å². The van der Waals surface area contributed by atoms with Crippen LogP contribution in [0.25, 0.3) is 0 Å². The van der Waals surface area contributed by atoms with Crippen molar-refractivity contribution in [3.8, 4) is 0 Å². The standard InChI is InChI=1S/C16H26N2O2S/c1-3-16(4-2)9-11-18(12-10-16)21(19,20)13-14-5-7-15(17)8-6-14/h5-8H,3-4,9-13,17H2,1-2H3. The molecule has 1 aliphatic rings. The van der Waals surface area contributed by atoms with E-state index in [4.69, 9.17) is 5.73 Å². The smallest absolute Gasteiger partial charge is 0.218 e. The van der Waals surface area contributed by atoms with Crippen molar-refractivity contribution in [2.24, 2.45) is 5.41 Å². The quantitative estimate of drug-likeness (QED) is 0.850. The molecular formula is C16H26N2O2S. The summed E-state index contributed by atoms with van der Waals surface area (Å²) >= 11 is 0. The summed E-state index contributed by atoms with van der Waals surface area (Å²) in [6.07, 6.45) is 4.21. The summed E-state index contributed by atoms with van der Waals surface area (Å²) < 4.78 is 26.7. The van der Waals surface area contributed by atoms with Crippen molar-refractivity contribution >= 4 is 15.7 Å². The highest BCUT2D eigenvalue weighted by molar-refractivity contribution is 7.88. The van der Waals surface area contributed by atoms with Gasteiger partial charge in [-0.05, 0) is 36.0 Å². The van der Waals surface area contributed by atoms with E-state index in [1.54, 1.807) is 28.6 Å². The van der Waals surface area contributed by atoms with Gasteiger partial charge >= 0.3 is 0 Å². The van der Waals surface area contributed by atoms with Crippen LogP contribution in [-0.2, 0) is 15.8 Å². The number of nitrogens with zero attached hydrogens (tertiary/aromatic N) is 1. The number of anilines is 1. The van der Waals surface area contributed by atoms with E-state index in [-0.39, 0.29) is 5.75 Å². The monoisotopic (exact) mass is 310 g/mol. The molecule has 0 radical (unpaired) electrons. The van der Waals surface area contributed by atoms with Gasteiger partial charge < -0.3 is 5.73 Å². The van der Waals surface area contributed by atoms with Crippen LogP contribution in [0, 0.1) is 5.41 Å². The van der Waals surface area contributed by atoms with Gasteiger partial charge in [0.1, 0.15) is 0 Å². The number of hydrogen-bond acceptors (Lipinski definition) is 3. The number of nitrogen functional groups attached to an aromatic ring is 1. The molecule has 4 nitrogen and oxygen atoms in total. The molecule has 1 aromatic carbocycles. The van der Waals surface area contributed by atoms with Crippen LogP contribution < -0.4 is 5.73 Å². The van der Waals surface area contributed by atoms with Crippen molar-refractivity contribution in [1.29, 1.82) is 0 Å². The SMILES string of the molecule is CCC1(CC)CCN(S(=O)(=O)Cc2ccc(N)cc2)CC1. The molecule has 0 saturated carbocycles. The van der Waals surface area contributed by atoms with Gasteiger partial charge in [0.2, 0.25) is 10.0 Å². The number of benzene rings is 1. The third-order valence-corrected chi connectivity index (χ3v) is 6.86. The van der Waals surface area contributed by atoms with Crippen molar-refractivity contribution in [1.82, 2.24) is 4.31 Å². The topological polar surface area (TPSA) is 63.4 Å². The first kappa shape index (κ1) is 16.3. The van der Waals surface area contributed by atoms with E-state index in [1.807, 2.05) is 0 Å². The first-order chi connectivity index (χ1) is 9.91. The first-order valence-corrected chi connectivity index (χ1v) is 9.34. The van der Waals surface area contributed by atoms with Crippen molar-refractivity contribution in [3.05, 3.63) is 29.8 Å². The lowest BCUT2D eigenvalue weighted by atomic mass is 9.75. The number of sulfonamides is 1. The maximum absolute atomic E-state index is 12.5. The number of rotatable bonds is 5. The normalized spacial score (nSPS) is 19.5. The van der Waals surface area contributed by atoms with E-state index in [1.165, 1.54) is 0 Å². The van der Waals surface area contributed by atoms with Crippen molar-refractivity contribution in [2.75, 3.05) is 18.8 Å². The maximum atomic E-state index is 12.5. The molecular weight excluding hydrogens is 284 g/mol. The fourth-order valence-electron chi connectivity index (χ4n) is 3.11. The fraction of sp³-hybridized carbons (Fsp3) is 0.625. The summed E-state index contributed by atoms with van der Waals surface area (Å²) in [4.78, 5) is 0. The van der Waals surface area contributed by atoms with Crippen LogP contribution >= 0.6 is 0 Å². The van der Waals surface area contributed by atoms with Crippen LogP contribution in [-0.4, -0.2) is 25.8 Å². The van der Waals surface area contributed by atoms with Crippen LogP contribution in [0.3, 0.4) is 0 Å². The summed E-state index contributed by atoms with van der Waals surface area (Å²) in [5, 5.41) is 0. The molecule has 0 atom stereocenters. The lowest BCUT2D eigenvalue weighted by molar-refractivity contribution is 0.141. The van der Waals surface area contributed by atoms with Crippen molar-refractivity contribution < 1.29 is 8.42 Å². The molecule has 1 fully saturated rings. The largest absolute Gasteiger partial charge is 0.399 e. The molecule has 21 heavy (non-hydrogen) atoms. The summed E-state index contributed by atoms with van der Waals surface area (Å²) in [5.74, 6) is 0.0680. The molecule has 2 rings (SSSR count). The number of piperidine rings is 1. The molecule has 0 aromatic heterocycles. The van der Waals surface area contributed by atoms with Crippen LogP contribution in [0.15, 0.2) is 24.3 Å². The first-order valence-electron chi connectivity index (χ1n) is 7.73. The van der Waals surface area contributed by atoms with Gasteiger partial charge in [0.05, 0.1) is 5.75 Å². The average Bonchev–Trinajstić information content (AvgIpc) is 2.49. The Kier molecular flexibility index (Phi) is 4.94. The molecule has 1 heterocycles. The molecule has 1 aliphatic heterocycles. The Morgan fingerprint density at radius 3 is 2.10 bits per heavy atom. The van der Waals surface area contributed by atoms with Crippen LogP contribution in [0.1, 0.15) is 45.1 Å². The minimum atomic E-state index is -3.22. The van der Waals surface area contributed by atoms with E-state index < -0.39 is 10.0 Å². The molecule has 0 amide bonds. The highest BCUT2D eigenvalue weighted by atomic mass is 32.2. The zero-order chi connectivity index (χ0) is 15.5. The molecule has 0 bridgehead atoms. The van der Waals surface area contributed by atoms with Crippen molar-refractivity contribution in [2.45, 2.75) is 45.3 Å². The third-order valence-electron chi connectivity index (χ3n) is 5.01. The van der Waals surface area contributed by atoms with Gasteiger partial charge in [-0.25, -0.2) is 12.7 Å². The molecule has 5 heteroatoms. The average molecular weight is 310 g/mol. The fourth-order valence-corrected chi connectivity index (χ4v) is 4.65. The van der Waals surface area contributed by atoms with Gasteiger partial charge in [0.25, 0.3) is 0 Å². The summed E-state index contributed by atoms with van der Waals surface area (Å²) in [6, 6.07) is 7.08. The number of nitrogens with two attached hydrogens (primary N) is 1. The second-order valence-corrected chi connectivity index (χ2v) is 8.07. The highest BCUT2D eigenvalue weighted by Gasteiger charge is 2.35. The predicted octanol–water partition coefficient (Wildman–Crippen LogP) is 3.00. The molecule has 118 valence electrons. The second kappa shape index (κ2) is 6.36. The Hall–Kier alpha value is -1.07. The molecule has 1 aromatic rings. The van der Waals surface area contributed by atoms with Gasteiger partial charge in [0, 0.05) is 18.8 Å². The van der Waals surface area contributed by atoms with E-state index in [9.17, 15) is 8.42 Å². The zero-order valence-electron chi connectivity index (χ0n) is 13.0. The lowest BCUT2D eigenvalue weighted by Crippen LogP contribution is -2.43. The molecule has 0 aliphatic carbocycles. The van der Waals surface area contributed by atoms with E-state index >= 15 is 0 Å². The van der Waals surface area contributed by atoms with E-state index in [0.717, 1.165) is 31.2 Å². The van der Waals surface area contributed by atoms with E-state index in [2.05, 4.69) is 13.8 Å². The van der Waals surface area contributed by atoms with Crippen LogP contribution in [0.4, 0.5) is 5.69 Å². The maximum Gasteiger partial charge on any atom is 0.218 e. The number of hydrogen-bond donors (Lipinski definition) is 1. The highest BCUT2D eigenvalue weighted by Crippen LogP contribution is 2.38. The van der Waals surface area contributed by atoms with Gasteiger partial charge in [0.15, 0.2) is 0 Å². The Morgan fingerprint density at radius 2 is 1.62 bits per heavy atom. The zero-order valence-corrected chi connectivity index (χ0v) is 13.8. The van der Waals surface area contributed by atoms with Crippen LogP contribution in [0.5, 0.6) is 0 Å². The minimum Gasteiger partial charge on any atom is -0.399 e. The third kappa shape index (κ3) is 3.77. The van der Waals surface area contributed by atoms with Gasteiger partial charge in [-0.1, -0.05) is 38.8 Å². The molecule has 0 unspecified atom stereocenters. The lowest BCUT2D eigenvalue weighted by Gasteiger charge is -2.40. The Morgan fingerprint density at radius 1 is 1.10 bits per heavy atom. The van der Waals surface area contributed by atoms with E-state index in [0.29, 0.717) is 24.2 Å². The summed E-state index contributed by atoms with van der Waals surface area (Å²) in [7, 11) is -3.22. The second-order valence-electron chi connectivity index (χ2n) is 6.10. The Balaban J connectivity index is 2.03. The molecule has 1 saturated heterocycles. The predicted molar refractivity (Wildman–Crippen MR) is 87.3 cm³/mol. The summed E-state index contributed by atoms with van der Waals surface area (Å²) in [6.45, 7) is 5.72. The molecule has 2 N–H and O–H groups in total. The Bertz CT molecular complexity index is 552. The van der Waals surface area contributed by atoms with Gasteiger partial charge in [-0.2, -0.15) is 0 Å². The Labute approximate surface area is 128 Å². The van der Waals surface area contributed by atoms with Gasteiger partial charge in [-0.3, -0.25) is 0 Å². The van der Waals surface area contributed by atoms with Crippen molar-refractivity contribution in [3.63, 3.8) is 0 Å². The summed E-state index contributed by atoms with van der Waals surface area (Å²) in [5.41, 5.74) is 7.43. The molecule has 0 spiro atoms. The minimum absolute atomic E-state index is 0.0680.